The number of rotatable bonds is 8. The van der Waals surface area contributed by atoms with Crippen molar-refractivity contribution in [1.29, 1.82) is 0 Å². The Morgan fingerprint density at radius 1 is 0.980 bits per heavy atom. The lowest BCUT2D eigenvalue weighted by atomic mass is 10.1. The maximum absolute atomic E-state index is 14.3. The first-order valence-electron chi connectivity index (χ1n) is 18.0. The van der Waals surface area contributed by atoms with Crippen LogP contribution < -0.4 is 15.8 Å². The predicted octanol–water partition coefficient (Wildman–Crippen LogP) is 7.19. The maximum atomic E-state index is 14.3. The molecule has 0 spiro atoms. The normalized spacial score (nSPS) is 14.4. The summed E-state index contributed by atoms with van der Waals surface area (Å²) in [5.74, 6) is 3.88. The fourth-order valence-corrected chi connectivity index (χ4v) is 12.6. The second-order valence-electron chi connectivity index (χ2n) is 15.6. The first-order chi connectivity index (χ1) is 24.0. The molecule has 1 aliphatic heterocycles. The van der Waals surface area contributed by atoms with Crippen LogP contribution in [0.1, 0.15) is 79.1 Å². The van der Waals surface area contributed by atoms with Gasteiger partial charge in [0.25, 0.3) is 5.56 Å². The standard InChI is InChI=1S/C39H54N8O3Si/c1-26(2)51(27(3)4,28(5)6)23-17-33-29(7)36(48)46(25-32-16-18-41-47(32)38(49)50-39(8,9)10)35-34(33)24-40-37(43-35)42-30-12-14-31(15-13-30)45-21-19-44(11)20-22-45/h12-16,18,24,26-28H,19-22,25H2,1-11H3,(H,40,42,43). The van der Waals surface area contributed by atoms with Crippen LogP contribution >= 0.6 is 0 Å². The lowest BCUT2D eigenvalue weighted by Gasteiger charge is -2.38. The molecule has 12 heteroatoms. The molecule has 4 aromatic rings. The molecule has 0 unspecified atom stereocenters. The van der Waals surface area contributed by atoms with Crippen LogP contribution in [0.5, 0.6) is 0 Å². The van der Waals surface area contributed by atoms with Crippen molar-refractivity contribution >= 4 is 42.5 Å². The van der Waals surface area contributed by atoms with Gasteiger partial charge in [0.1, 0.15) is 19.3 Å². The van der Waals surface area contributed by atoms with Crippen LogP contribution in [0, 0.1) is 18.4 Å². The van der Waals surface area contributed by atoms with E-state index in [0.29, 0.717) is 50.4 Å². The maximum Gasteiger partial charge on any atom is 0.435 e. The van der Waals surface area contributed by atoms with E-state index in [4.69, 9.17) is 14.7 Å². The van der Waals surface area contributed by atoms with Crippen molar-refractivity contribution in [3.05, 3.63) is 69.9 Å². The van der Waals surface area contributed by atoms with Gasteiger partial charge in [0, 0.05) is 61.1 Å². The molecule has 51 heavy (non-hydrogen) atoms. The van der Waals surface area contributed by atoms with E-state index in [0.717, 1.165) is 31.9 Å². The number of nitrogens with one attached hydrogen (secondary N) is 1. The first kappa shape index (κ1) is 37.8. The molecular formula is C39H54N8O3Si. The third-order valence-electron chi connectivity index (χ3n) is 10.1. The molecule has 4 heterocycles. The number of ether oxygens (including phenoxy) is 1. The van der Waals surface area contributed by atoms with Gasteiger partial charge in [0.05, 0.1) is 17.6 Å². The van der Waals surface area contributed by atoms with Crippen LogP contribution in [0.2, 0.25) is 16.6 Å². The third kappa shape index (κ3) is 8.05. The Balaban J connectivity index is 1.61. The molecule has 0 amide bonds. The fraction of sp³-hybridized carbons (Fsp3) is 0.513. The number of nitrogens with zero attached hydrogens (tertiary/aromatic N) is 7. The van der Waals surface area contributed by atoms with E-state index < -0.39 is 19.8 Å². The second-order valence-corrected chi connectivity index (χ2v) is 21.2. The zero-order valence-electron chi connectivity index (χ0n) is 32.2. The van der Waals surface area contributed by atoms with E-state index in [2.05, 4.69) is 92.4 Å². The smallest absolute Gasteiger partial charge is 0.435 e. The zero-order chi connectivity index (χ0) is 37.2. The molecule has 1 fully saturated rings. The molecule has 272 valence electrons. The molecule has 3 aromatic heterocycles. The number of pyridine rings is 1. The van der Waals surface area contributed by atoms with Crippen molar-refractivity contribution < 1.29 is 9.53 Å². The molecule has 0 aliphatic carbocycles. The summed E-state index contributed by atoms with van der Waals surface area (Å²) in [6.45, 7) is 24.9. The van der Waals surface area contributed by atoms with Crippen molar-refractivity contribution in [3.63, 3.8) is 0 Å². The van der Waals surface area contributed by atoms with Crippen LogP contribution in [0.3, 0.4) is 0 Å². The molecule has 0 bridgehead atoms. The van der Waals surface area contributed by atoms with Gasteiger partial charge in [0.15, 0.2) is 0 Å². The molecule has 1 saturated heterocycles. The minimum atomic E-state index is -2.12. The number of hydrogen-bond acceptors (Lipinski definition) is 9. The minimum Gasteiger partial charge on any atom is -0.442 e. The van der Waals surface area contributed by atoms with Crippen molar-refractivity contribution in [2.75, 3.05) is 43.4 Å². The summed E-state index contributed by atoms with van der Waals surface area (Å²) in [6, 6.07) is 9.96. The number of fused-ring (bicyclic) bond motifs is 1. The Hall–Kier alpha value is -4.47. The summed E-state index contributed by atoms with van der Waals surface area (Å²) < 4.78 is 8.37. The van der Waals surface area contributed by atoms with Gasteiger partial charge in [-0.2, -0.15) is 14.8 Å². The van der Waals surface area contributed by atoms with Gasteiger partial charge in [-0.05, 0) is 81.7 Å². The van der Waals surface area contributed by atoms with E-state index in [-0.39, 0.29) is 12.1 Å². The lowest BCUT2D eigenvalue weighted by Crippen LogP contribution is -2.44. The molecule has 1 aliphatic rings. The van der Waals surface area contributed by atoms with Gasteiger partial charge in [-0.25, -0.2) is 9.78 Å². The SMILES string of the molecule is Cc1c(C#C[Si](C(C)C)(C(C)C)C(C)C)c2cnc(Nc3ccc(N4CCN(C)CC4)cc3)nc2n(Cc2ccnn2C(=O)OC(C)(C)C)c1=O. The molecule has 11 nitrogen and oxygen atoms in total. The van der Waals surface area contributed by atoms with Crippen molar-refractivity contribution in [3.8, 4) is 11.5 Å². The molecule has 5 rings (SSSR count). The van der Waals surface area contributed by atoms with Crippen LogP contribution in [0.15, 0.2) is 47.5 Å². The van der Waals surface area contributed by atoms with Crippen LogP contribution in [0.25, 0.3) is 11.0 Å². The monoisotopic (exact) mass is 710 g/mol. The van der Waals surface area contributed by atoms with E-state index >= 15 is 0 Å². The molecule has 0 saturated carbocycles. The highest BCUT2D eigenvalue weighted by Crippen LogP contribution is 2.41. The van der Waals surface area contributed by atoms with Gasteiger partial charge >= 0.3 is 6.09 Å². The second kappa shape index (κ2) is 15.0. The molecule has 1 N–H and O–H groups in total. The zero-order valence-corrected chi connectivity index (χ0v) is 33.2. The van der Waals surface area contributed by atoms with E-state index in [1.165, 1.54) is 16.6 Å². The van der Waals surface area contributed by atoms with Gasteiger partial charge in [-0.3, -0.25) is 9.36 Å². The van der Waals surface area contributed by atoms with Crippen molar-refractivity contribution in [2.24, 2.45) is 0 Å². The summed E-state index contributed by atoms with van der Waals surface area (Å²) >= 11 is 0. The number of piperazine rings is 1. The van der Waals surface area contributed by atoms with Crippen LogP contribution in [-0.2, 0) is 11.3 Å². The van der Waals surface area contributed by atoms with Gasteiger partial charge < -0.3 is 19.9 Å². The molecule has 0 radical (unpaired) electrons. The third-order valence-corrected chi connectivity index (χ3v) is 16.4. The number of benzene rings is 1. The Morgan fingerprint density at radius 2 is 1.61 bits per heavy atom. The Kier molecular flexibility index (Phi) is 11.1. The van der Waals surface area contributed by atoms with E-state index in [1.54, 1.807) is 37.6 Å². The summed E-state index contributed by atoms with van der Waals surface area (Å²) in [6.07, 6.45) is 2.67. The highest BCUT2D eigenvalue weighted by atomic mass is 28.3. The predicted molar refractivity (Wildman–Crippen MR) is 209 cm³/mol. The van der Waals surface area contributed by atoms with Crippen LogP contribution in [0.4, 0.5) is 22.1 Å². The minimum absolute atomic E-state index is 0.0436. The summed E-state index contributed by atoms with van der Waals surface area (Å²) in [7, 11) is 0.0324. The van der Waals surface area contributed by atoms with Gasteiger partial charge in [0.2, 0.25) is 5.95 Å². The number of carbonyl (C=O) groups excluding carboxylic acids is 1. The van der Waals surface area contributed by atoms with E-state index in [1.807, 2.05) is 19.1 Å². The van der Waals surface area contributed by atoms with Gasteiger partial charge in [-0.1, -0.05) is 47.5 Å². The van der Waals surface area contributed by atoms with Gasteiger partial charge in [-0.15, -0.1) is 5.54 Å². The Labute approximate surface area is 303 Å². The average Bonchev–Trinajstić information content (AvgIpc) is 3.53. The quantitative estimate of drug-likeness (QED) is 0.150. The molecule has 0 atom stereocenters. The number of likely N-dealkylation sites (N-methyl/N-ethyl adjacent to an activating group) is 1. The molecular weight excluding hydrogens is 657 g/mol. The topological polar surface area (TPSA) is 110 Å². The Morgan fingerprint density at radius 3 is 2.20 bits per heavy atom. The molecule has 1 aromatic carbocycles. The number of anilines is 3. The number of aromatic nitrogens is 5. The highest BCUT2D eigenvalue weighted by molar-refractivity contribution is 6.90. The van der Waals surface area contributed by atoms with Crippen LogP contribution in [-0.4, -0.2) is 82.2 Å². The average molecular weight is 711 g/mol. The fourth-order valence-electron chi connectivity index (χ4n) is 7.37. The lowest BCUT2D eigenvalue weighted by molar-refractivity contribution is 0.0509. The summed E-state index contributed by atoms with van der Waals surface area (Å²) in [5, 5.41) is 8.25. The number of carbonyl (C=O) groups is 1. The Bertz CT molecular complexity index is 1970. The summed E-state index contributed by atoms with van der Waals surface area (Å²) in [5.41, 5.74) is 8.21. The first-order valence-corrected chi connectivity index (χ1v) is 20.2. The number of hydrogen-bond donors (Lipinski definition) is 1. The van der Waals surface area contributed by atoms with E-state index in [9.17, 15) is 9.59 Å². The largest absolute Gasteiger partial charge is 0.442 e. The summed E-state index contributed by atoms with van der Waals surface area (Å²) in [4.78, 5) is 41.8. The highest BCUT2D eigenvalue weighted by Gasteiger charge is 2.41. The van der Waals surface area contributed by atoms with Crippen molar-refractivity contribution in [1.82, 2.24) is 29.2 Å². The van der Waals surface area contributed by atoms with Crippen molar-refractivity contribution in [2.45, 2.75) is 98.0 Å².